The summed E-state index contributed by atoms with van der Waals surface area (Å²) in [5.74, 6) is -1.78. The molecule has 1 aliphatic heterocycles. The predicted octanol–water partition coefficient (Wildman–Crippen LogP) is 2.67. The molecule has 0 aliphatic carbocycles. The first-order chi connectivity index (χ1) is 19.7. The van der Waals surface area contributed by atoms with E-state index in [1.54, 1.807) is 45.9 Å². The van der Waals surface area contributed by atoms with Gasteiger partial charge in [0.1, 0.15) is 23.3 Å². The number of hydrogen-bond donors (Lipinski definition) is 2. The number of ether oxygens (including phenoxy) is 3. The standard InChI is InChI=1S/C27H35N4O10P/c1-16(2)23(33)40-22-20(39-25(27(22,6)15-28)31-13-12-21(32)29-26(31)35)14-37-42(36,41-19-10-8-7-9-11-19)30-18(5)24(34)38-17(3)4/h7-13,16-18,20,22,25H,14H2,1-6H3,(H,30,36)(H,29,32,35)/t18-,20+,22+,25+,27+,42?/m0/s1. The molecule has 1 aromatic heterocycles. The molecule has 6 atom stereocenters. The summed E-state index contributed by atoms with van der Waals surface area (Å²) in [6.45, 7) is 8.79. The van der Waals surface area contributed by atoms with E-state index in [1.165, 1.54) is 26.0 Å². The van der Waals surface area contributed by atoms with E-state index in [1.807, 2.05) is 0 Å². The van der Waals surface area contributed by atoms with Gasteiger partial charge in [0.25, 0.3) is 5.56 Å². The van der Waals surface area contributed by atoms with E-state index in [9.17, 15) is 29.0 Å². The highest BCUT2D eigenvalue weighted by Gasteiger charge is 2.58. The Morgan fingerprint density at radius 3 is 2.38 bits per heavy atom. The van der Waals surface area contributed by atoms with Gasteiger partial charge in [-0.1, -0.05) is 32.0 Å². The molecule has 2 aromatic rings. The normalized spacial score (nSPS) is 24.0. The summed E-state index contributed by atoms with van der Waals surface area (Å²) in [5.41, 5.74) is -3.18. The van der Waals surface area contributed by atoms with Crippen molar-refractivity contribution in [3.8, 4) is 11.8 Å². The third-order valence-electron chi connectivity index (χ3n) is 6.24. The van der Waals surface area contributed by atoms with Crippen molar-refractivity contribution in [1.82, 2.24) is 14.6 Å². The highest BCUT2D eigenvalue weighted by atomic mass is 31.2. The van der Waals surface area contributed by atoms with Crippen molar-refractivity contribution in [1.29, 1.82) is 5.26 Å². The van der Waals surface area contributed by atoms with Gasteiger partial charge in [-0.3, -0.25) is 28.5 Å². The summed E-state index contributed by atoms with van der Waals surface area (Å²) in [6, 6.07) is 10.1. The summed E-state index contributed by atoms with van der Waals surface area (Å²) in [5, 5.41) is 12.8. The maximum Gasteiger partial charge on any atom is 0.459 e. The van der Waals surface area contributed by atoms with Crippen molar-refractivity contribution in [2.45, 2.75) is 72.1 Å². The lowest BCUT2D eigenvalue weighted by Gasteiger charge is -2.29. The molecule has 2 heterocycles. The summed E-state index contributed by atoms with van der Waals surface area (Å²) < 4.78 is 43.2. The van der Waals surface area contributed by atoms with Crippen LogP contribution in [0.3, 0.4) is 0 Å². The second-order valence-corrected chi connectivity index (χ2v) is 12.2. The molecule has 15 heteroatoms. The van der Waals surface area contributed by atoms with E-state index in [2.05, 4.69) is 16.1 Å². The molecule has 3 rings (SSSR count). The van der Waals surface area contributed by atoms with E-state index in [0.29, 0.717) is 0 Å². The van der Waals surface area contributed by atoms with Crippen LogP contribution in [0.25, 0.3) is 0 Å². The molecule has 1 unspecified atom stereocenters. The summed E-state index contributed by atoms with van der Waals surface area (Å²) >= 11 is 0. The zero-order valence-corrected chi connectivity index (χ0v) is 25.0. The van der Waals surface area contributed by atoms with Gasteiger partial charge in [-0.15, -0.1) is 0 Å². The van der Waals surface area contributed by atoms with Crippen LogP contribution in [-0.2, 0) is 32.9 Å². The molecule has 0 amide bonds. The number of esters is 2. The number of para-hydroxylation sites is 1. The minimum atomic E-state index is -4.36. The number of aromatic amines is 1. The Balaban J connectivity index is 1.97. The zero-order valence-electron chi connectivity index (χ0n) is 24.1. The molecule has 0 saturated carbocycles. The van der Waals surface area contributed by atoms with Crippen molar-refractivity contribution in [2.24, 2.45) is 11.3 Å². The van der Waals surface area contributed by atoms with Gasteiger partial charge in [-0.25, -0.2) is 9.36 Å². The number of H-pyrrole nitrogens is 1. The minimum Gasteiger partial charge on any atom is -0.462 e. The molecular weight excluding hydrogens is 571 g/mol. The first kappa shape index (κ1) is 32.8. The highest BCUT2D eigenvalue weighted by Crippen LogP contribution is 2.49. The number of aromatic nitrogens is 2. The number of nitriles is 1. The van der Waals surface area contributed by atoms with E-state index in [0.717, 1.165) is 16.8 Å². The van der Waals surface area contributed by atoms with Gasteiger partial charge in [0, 0.05) is 12.3 Å². The van der Waals surface area contributed by atoms with Crippen LogP contribution in [0, 0.1) is 22.7 Å². The third-order valence-corrected chi connectivity index (χ3v) is 7.88. The van der Waals surface area contributed by atoms with Gasteiger partial charge >= 0.3 is 25.4 Å². The van der Waals surface area contributed by atoms with Crippen molar-refractivity contribution < 1.29 is 37.4 Å². The van der Waals surface area contributed by atoms with Crippen molar-refractivity contribution in [3.63, 3.8) is 0 Å². The summed E-state index contributed by atoms with van der Waals surface area (Å²) in [7, 11) is -4.36. The Bertz CT molecular complexity index is 1470. The lowest BCUT2D eigenvalue weighted by Crippen LogP contribution is -2.44. The first-order valence-corrected chi connectivity index (χ1v) is 14.8. The molecule has 228 valence electrons. The van der Waals surface area contributed by atoms with Crippen LogP contribution in [-0.4, -0.2) is 52.5 Å². The van der Waals surface area contributed by atoms with Crippen LogP contribution in [0.1, 0.15) is 47.8 Å². The zero-order chi connectivity index (χ0) is 31.2. The number of nitrogens with zero attached hydrogens (tertiary/aromatic N) is 2. The van der Waals surface area contributed by atoms with Crippen molar-refractivity contribution >= 4 is 19.7 Å². The Hall–Kier alpha value is -3.76. The first-order valence-electron chi connectivity index (χ1n) is 13.2. The maximum atomic E-state index is 14.0. The lowest BCUT2D eigenvalue weighted by atomic mass is 9.83. The molecule has 0 radical (unpaired) electrons. The largest absolute Gasteiger partial charge is 0.462 e. The molecule has 1 saturated heterocycles. The quantitative estimate of drug-likeness (QED) is 0.266. The number of hydrogen-bond acceptors (Lipinski definition) is 11. The number of nitrogens with one attached hydrogen (secondary N) is 2. The Morgan fingerprint density at radius 2 is 1.81 bits per heavy atom. The van der Waals surface area contributed by atoms with E-state index in [4.69, 9.17) is 23.3 Å². The topological polar surface area (TPSA) is 188 Å². The summed E-state index contributed by atoms with van der Waals surface area (Å²) in [6.07, 6.45) is -3.17. The van der Waals surface area contributed by atoms with Crippen LogP contribution < -0.4 is 20.9 Å². The number of carbonyl (C=O) groups excluding carboxylic acids is 2. The van der Waals surface area contributed by atoms with Gasteiger partial charge in [0.05, 0.1) is 24.7 Å². The van der Waals surface area contributed by atoms with Gasteiger partial charge in [0.2, 0.25) is 0 Å². The molecule has 42 heavy (non-hydrogen) atoms. The van der Waals surface area contributed by atoms with Crippen LogP contribution in [0.5, 0.6) is 5.75 Å². The van der Waals surface area contributed by atoms with Gasteiger partial charge < -0.3 is 18.7 Å². The number of carbonyl (C=O) groups is 2. The third kappa shape index (κ3) is 7.74. The molecule has 1 aliphatic rings. The van der Waals surface area contributed by atoms with Crippen LogP contribution in [0.4, 0.5) is 0 Å². The molecule has 0 bridgehead atoms. The smallest absolute Gasteiger partial charge is 0.459 e. The Morgan fingerprint density at radius 1 is 1.14 bits per heavy atom. The monoisotopic (exact) mass is 606 g/mol. The second-order valence-electron chi connectivity index (χ2n) is 10.5. The predicted molar refractivity (Wildman–Crippen MR) is 148 cm³/mol. The number of rotatable bonds is 12. The molecule has 1 fully saturated rings. The molecule has 1 aromatic carbocycles. The maximum absolute atomic E-state index is 14.0. The van der Waals surface area contributed by atoms with Crippen LogP contribution in [0.2, 0.25) is 0 Å². The fourth-order valence-corrected chi connectivity index (χ4v) is 5.58. The van der Waals surface area contributed by atoms with Crippen molar-refractivity contribution in [2.75, 3.05) is 6.61 Å². The van der Waals surface area contributed by atoms with E-state index < -0.39 is 79.5 Å². The highest BCUT2D eigenvalue weighted by molar-refractivity contribution is 7.52. The van der Waals surface area contributed by atoms with Crippen molar-refractivity contribution in [3.05, 3.63) is 63.4 Å². The average Bonchev–Trinajstić information content (AvgIpc) is 3.19. The Labute approximate surface area is 242 Å². The molecule has 0 spiro atoms. The van der Waals surface area contributed by atoms with Gasteiger partial charge in [0.15, 0.2) is 12.3 Å². The van der Waals surface area contributed by atoms with Gasteiger partial charge in [-0.05, 0) is 39.8 Å². The van der Waals surface area contributed by atoms with E-state index >= 15 is 0 Å². The molecule has 2 N–H and O–H groups in total. The van der Waals surface area contributed by atoms with Crippen LogP contribution >= 0.6 is 7.75 Å². The number of benzene rings is 1. The molecular formula is C27H35N4O10P. The Kier molecular flexibility index (Phi) is 10.5. The SMILES string of the molecule is CC(C)OC(=O)[C@H](C)NP(=O)(OC[C@H]1O[C@@H](n2ccc(=O)[nH]c2=O)[C@](C)(C#N)[C@@H]1OC(=O)C(C)C)Oc1ccccc1. The molecule has 14 nitrogen and oxygen atoms in total. The minimum absolute atomic E-state index is 0.160. The van der Waals surface area contributed by atoms with E-state index in [-0.39, 0.29) is 5.75 Å². The lowest BCUT2D eigenvalue weighted by molar-refractivity contribution is -0.159. The van der Waals surface area contributed by atoms with Crippen LogP contribution in [0.15, 0.2) is 52.2 Å². The fourth-order valence-electron chi connectivity index (χ4n) is 4.08. The second kappa shape index (κ2) is 13.5. The average molecular weight is 607 g/mol. The van der Waals surface area contributed by atoms with Gasteiger partial charge in [-0.2, -0.15) is 10.3 Å². The summed E-state index contributed by atoms with van der Waals surface area (Å²) in [4.78, 5) is 51.5. The fraction of sp³-hybridized carbons (Fsp3) is 0.519.